The normalized spacial score (nSPS) is 11.0. The molecule has 0 saturated heterocycles. The zero-order chi connectivity index (χ0) is 23.3. The molecular weight excluding hydrogens is 415 g/mol. The number of nitro benzene ring substituents is 1. The van der Waals surface area contributed by atoms with Crippen molar-refractivity contribution in [2.75, 3.05) is 5.32 Å². The molecule has 0 aromatic heterocycles. The lowest BCUT2D eigenvalue weighted by Gasteiger charge is -2.07. The number of benzene rings is 3. The molecule has 2 N–H and O–H groups in total. The summed E-state index contributed by atoms with van der Waals surface area (Å²) in [5.74, 6) is -1.37. The van der Waals surface area contributed by atoms with Crippen LogP contribution in [0.4, 0.5) is 15.8 Å². The van der Waals surface area contributed by atoms with E-state index < -0.39 is 16.6 Å². The van der Waals surface area contributed by atoms with Gasteiger partial charge in [0, 0.05) is 28.4 Å². The fraction of sp³-hybridized carbons (Fsp3) is 0.0870. The molecule has 0 fully saturated rings. The summed E-state index contributed by atoms with van der Waals surface area (Å²) in [4.78, 5) is 35.0. The summed E-state index contributed by atoms with van der Waals surface area (Å²) in [5, 5.41) is 17.8. The van der Waals surface area contributed by atoms with E-state index in [-0.39, 0.29) is 17.2 Å². The molecule has 0 saturated carbocycles. The molecule has 2 amide bonds. The smallest absolute Gasteiger partial charge is 0.273 e. The lowest BCUT2D eigenvalue weighted by Crippen LogP contribution is -2.19. The summed E-state index contributed by atoms with van der Waals surface area (Å²) >= 11 is 0. The van der Waals surface area contributed by atoms with E-state index in [1.165, 1.54) is 42.5 Å². The van der Waals surface area contributed by atoms with Crippen LogP contribution in [0.2, 0.25) is 0 Å². The number of nitrogens with one attached hydrogen (secondary N) is 2. The maximum absolute atomic E-state index is 13.0. The predicted molar refractivity (Wildman–Crippen MR) is 118 cm³/mol. The SMILES string of the molecule is C/C(=N/NC(=O)c1ccc(C)c([N+](=O)[O-])c1)c1ccc(NC(=O)c2ccc(F)cc2)cc1. The monoisotopic (exact) mass is 434 g/mol. The third-order valence-corrected chi connectivity index (χ3v) is 4.66. The second kappa shape index (κ2) is 9.61. The molecule has 9 heteroatoms. The first-order valence-corrected chi connectivity index (χ1v) is 9.51. The Morgan fingerprint density at radius 3 is 2.12 bits per heavy atom. The van der Waals surface area contributed by atoms with E-state index in [1.54, 1.807) is 38.1 Å². The molecule has 0 spiro atoms. The molecule has 0 unspecified atom stereocenters. The summed E-state index contributed by atoms with van der Waals surface area (Å²) in [7, 11) is 0. The molecule has 0 aliphatic carbocycles. The summed E-state index contributed by atoms with van der Waals surface area (Å²) in [6.45, 7) is 3.28. The van der Waals surface area contributed by atoms with Crippen molar-refractivity contribution in [3.63, 3.8) is 0 Å². The Morgan fingerprint density at radius 2 is 1.50 bits per heavy atom. The van der Waals surface area contributed by atoms with Gasteiger partial charge in [0.25, 0.3) is 17.5 Å². The minimum Gasteiger partial charge on any atom is -0.322 e. The average molecular weight is 434 g/mol. The number of nitrogens with zero attached hydrogens (tertiary/aromatic N) is 2. The van der Waals surface area contributed by atoms with Gasteiger partial charge in [0.15, 0.2) is 0 Å². The van der Waals surface area contributed by atoms with Gasteiger partial charge in [0.1, 0.15) is 5.82 Å². The second-order valence-corrected chi connectivity index (χ2v) is 6.93. The largest absolute Gasteiger partial charge is 0.322 e. The van der Waals surface area contributed by atoms with Gasteiger partial charge in [0.2, 0.25) is 0 Å². The third-order valence-electron chi connectivity index (χ3n) is 4.66. The number of halogens is 1. The molecule has 0 bridgehead atoms. The van der Waals surface area contributed by atoms with E-state index in [9.17, 15) is 24.1 Å². The molecule has 3 aromatic carbocycles. The van der Waals surface area contributed by atoms with Crippen molar-refractivity contribution in [2.45, 2.75) is 13.8 Å². The number of carbonyl (C=O) groups is 2. The average Bonchev–Trinajstić information content (AvgIpc) is 2.78. The zero-order valence-corrected chi connectivity index (χ0v) is 17.3. The van der Waals surface area contributed by atoms with E-state index in [0.717, 1.165) is 0 Å². The van der Waals surface area contributed by atoms with E-state index in [0.29, 0.717) is 28.1 Å². The van der Waals surface area contributed by atoms with Gasteiger partial charge in [-0.25, -0.2) is 9.82 Å². The molecule has 3 rings (SSSR count). The van der Waals surface area contributed by atoms with Crippen LogP contribution in [0.15, 0.2) is 71.8 Å². The Balaban J connectivity index is 1.65. The quantitative estimate of drug-likeness (QED) is 0.339. The molecule has 0 aliphatic heterocycles. The Labute approximate surface area is 182 Å². The molecule has 0 atom stereocenters. The first-order valence-electron chi connectivity index (χ1n) is 9.51. The Bertz CT molecular complexity index is 1210. The third kappa shape index (κ3) is 5.39. The first-order chi connectivity index (χ1) is 15.2. The van der Waals surface area contributed by atoms with Crippen molar-refractivity contribution in [3.8, 4) is 0 Å². The second-order valence-electron chi connectivity index (χ2n) is 6.93. The van der Waals surface area contributed by atoms with Crippen molar-refractivity contribution < 1.29 is 18.9 Å². The molecule has 32 heavy (non-hydrogen) atoms. The molecule has 162 valence electrons. The Kier molecular flexibility index (Phi) is 6.69. The number of amides is 2. The number of carbonyl (C=O) groups excluding carboxylic acids is 2. The van der Waals surface area contributed by atoms with Crippen LogP contribution < -0.4 is 10.7 Å². The maximum atomic E-state index is 13.0. The van der Waals surface area contributed by atoms with Crippen molar-refractivity contribution in [2.24, 2.45) is 5.10 Å². The minimum absolute atomic E-state index is 0.123. The highest BCUT2D eigenvalue weighted by Gasteiger charge is 2.15. The number of nitro groups is 1. The Hall–Kier alpha value is -4.40. The van der Waals surface area contributed by atoms with Crippen molar-refractivity contribution >= 4 is 28.9 Å². The molecule has 0 heterocycles. The van der Waals surface area contributed by atoms with Gasteiger partial charge in [-0.3, -0.25) is 19.7 Å². The first kappa shape index (κ1) is 22.3. The summed E-state index contributed by atoms with van der Waals surface area (Å²) < 4.78 is 13.0. The van der Waals surface area contributed by atoms with Crippen LogP contribution >= 0.6 is 0 Å². The highest BCUT2D eigenvalue weighted by Crippen LogP contribution is 2.19. The number of hydrogen-bond acceptors (Lipinski definition) is 5. The van der Waals surface area contributed by atoms with Crippen LogP contribution in [0.3, 0.4) is 0 Å². The van der Waals surface area contributed by atoms with Gasteiger partial charge in [-0.1, -0.05) is 18.2 Å². The van der Waals surface area contributed by atoms with Crippen LogP contribution in [0.25, 0.3) is 0 Å². The highest BCUT2D eigenvalue weighted by atomic mass is 19.1. The number of hydrogen-bond donors (Lipinski definition) is 2. The standard InChI is InChI=1S/C23H19FN4O4/c1-14-3-4-18(13-21(14)28(31)32)23(30)27-26-15(2)16-7-11-20(12-8-16)25-22(29)17-5-9-19(24)10-6-17/h3-13H,1-2H3,(H,25,29)(H,27,30)/b26-15-. The van der Waals surface area contributed by atoms with Gasteiger partial charge < -0.3 is 5.32 Å². The van der Waals surface area contributed by atoms with Gasteiger partial charge in [-0.05, 0) is 61.9 Å². The fourth-order valence-corrected chi connectivity index (χ4v) is 2.81. The van der Waals surface area contributed by atoms with Gasteiger partial charge in [-0.15, -0.1) is 0 Å². The molecule has 8 nitrogen and oxygen atoms in total. The number of aryl methyl sites for hydroxylation is 1. The topological polar surface area (TPSA) is 114 Å². The predicted octanol–water partition coefficient (Wildman–Crippen LogP) is 4.45. The van der Waals surface area contributed by atoms with Crippen molar-refractivity contribution in [1.82, 2.24) is 5.43 Å². The van der Waals surface area contributed by atoms with Crippen molar-refractivity contribution in [3.05, 3.63) is 105 Å². The summed E-state index contributed by atoms with van der Waals surface area (Å²) in [6, 6.07) is 16.1. The lowest BCUT2D eigenvalue weighted by atomic mass is 10.1. The number of rotatable bonds is 6. The van der Waals surface area contributed by atoms with Crippen molar-refractivity contribution in [1.29, 1.82) is 0 Å². The van der Waals surface area contributed by atoms with E-state index >= 15 is 0 Å². The van der Waals surface area contributed by atoms with E-state index in [1.807, 2.05) is 0 Å². The molecule has 0 aliphatic rings. The number of hydrazone groups is 1. The zero-order valence-electron chi connectivity index (χ0n) is 17.3. The van der Waals surface area contributed by atoms with Crippen LogP contribution in [0.5, 0.6) is 0 Å². The van der Waals surface area contributed by atoms with Crippen LogP contribution in [0, 0.1) is 22.9 Å². The highest BCUT2D eigenvalue weighted by molar-refractivity contribution is 6.05. The summed E-state index contributed by atoms with van der Waals surface area (Å²) in [5.41, 5.74) is 4.87. The fourth-order valence-electron chi connectivity index (χ4n) is 2.81. The van der Waals surface area contributed by atoms with Crippen LogP contribution in [-0.4, -0.2) is 22.4 Å². The lowest BCUT2D eigenvalue weighted by molar-refractivity contribution is -0.385. The minimum atomic E-state index is -0.573. The summed E-state index contributed by atoms with van der Waals surface area (Å²) in [6.07, 6.45) is 0. The molecule has 0 radical (unpaired) electrons. The van der Waals surface area contributed by atoms with E-state index in [4.69, 9.17) is 0 Å². The van der Waals surface area contributed by atoms with Crippen LogP contribution in [0.1, 0.15) is 38.8 Å². The molecule has 3 aromatic rings. The maximum Gasteiger partial charge on any atom is 0.273 e. The Morgan fingerprint density at radius 1 is 0.906 bits per heavy atom. The van der Waals surface area contributed by atoms with E-state index in [2.05, 4.69) is 15.8 Å². The molecular formula is C23H19FN4O4. The van der Waals surface area contributed by atoms with Crippen LogP contribution in [-0.2, 0) is 0 Å². The van der Waals surface area contributed by atoms with Gasteiger partial charge in [0.05, 0.1) is 10.6 Å². The number of anilines is 1. The van der Waals surface area contributed by atoms with Gasteiger partial charge >= 0.3 is 0 Å². The van der Waals surface area contributed by atoms with Gasteiger partial charge in [-0.2, -0.15) is 5.10 Å².